The molecule has 1 aromatic carbocycles. The van der Waals surface area contributed by atoms with E-state index in [9.17, 15) is 0 Å². The van der Waals surface area contributed by atoms with Gasteiger partial charge in [-0.3, -0.25) is 0 Å². The van der Waals surface area contributed by atoms with Gasteiger partial charge in [0.25, 0.3) is 0 Å². The molecule has 0 saturated carbocycles. The number of nitrogens with two attached hydrogens (primary N) is 1. The standard InChI is InChI=1S/C17H29NO/c1-5-12-19-16-10-9-15(17(2,3)4)13-14(16)8-6-7-11-18/h9-10,13H,5-8,11-12,18H2,1-4H3. The van der Waals surface area contributed by atoms with Crippen molar-refractivity contribution >= 4 is 0 Å². The molecule has 0 aromatic heterocycles. The molecule has 0 saturated heterocycles. The van der Waals surface area contributed by atoms with Crippen molar-refractivity contribution < 1.29 is 4.74 Å². The summed E-state index contributed by atoms with van der Waals surface area (Å²) in [6.07, 6.45) is 4.31. The summed E-state index contributed by atoms with van der Waals surface area (Å²) in [4.78, 5) is 0. The van der Waals surface area contributed by atoms with Crippen molar-refractivity contribution in [1.29, 1.82) is 0 Å². The number of aryl methyl sites for hydroxylation is 1. The van der Waals surface area contributed by atoms with Crippen LogP contribution in [0.2, 0.25) is 0 Å². The van der Waals surface area contributed by atoms with Gasteiger partial charge in [0, 0.05) is 0 Å². The van der Waals surface area contributed by atoms with Crippen molar-refractivity contribution in [2.75, 3.05) is 13.2 Å². The molecule has 108 valence electrons. The summed E-state index contributed by atoms with van der Waals surface area (Å²) in [5.74, 6) is 1.05. The van der Waals surface area contributed by atoms with E-state index < -0.39 is 0 Å². The number of benzene rings is 1. The first kappa shape index (κ1) is 16.0. The number of unbranched alkanes of at least 4 members (excludes halogenated alkanes) is 1. The predicted octanol–water partition coefficient (Wildman–Crippen LogP) is 4.05. The molecule has 0 heterocycles. The fourth-order valence-corrected chi connectivity index (χ4v) is 2.05. The summed E-state index contributed by atoms with van der Waals surface area (Å²) >= 11 is 0. The fourth-order valence-electron chi connectivity index (χ4n) is 2.05. The molecule has 0 amide bonds. The molecule has 2 nitrogen and oxygen atoms in total. The molecule has 19 heavy (non-hydrogen) atoms. The van der Waals surface area contributed by atoms with Crippen LogP contribution < -0.4 is 10.5 Å². The molecule has 0 aliphatic carbocycles. The van der Waals surface area contributed by atoms with E-state index >= 15 is 0 Å². The van der Waals surface area contributed by atoms with Crippen LogP contribution in [0.4, 0.5) is 0 Å². The van der Waals surface area contributed by atoms with Crippen molar-refractivity contribution in [1.82, 2.24) is 0 Å². The molecule has 0 unspecified atom stereocenters. The van der Waals surface area contributed by atoms with Crippen molar-refractivity contribution in [3.05, 3.63) is 29.3 Å². The Morgan fingerprint density at radius 1 is 1.16 bits per heavy atom. The minimum absolute atomic E-state index is 0.186. The summed E-state index contributed by atoms with van der Waals surface area (Å²) in [6.45, 7) is 10.4. The highest BCUT2D eigenvalue weighted by Gasteiger charge is 2.15. The lowest BCUT2D eigenvalue weighted by atomic mass is 9.85. The van der Waals surface area contributed by atoms with Gasteiger partial charge in [0.15, 0.2) is 0 Å². The zero-order valence-corrected chi connectivity index (χ0v) is 13.0. The first-order valence-electron chi connectivity index (χ1n) is 7.45. The lowest BCUT2D eigenvalue weighted by Crippen LogP contribution is -2.12. The third-order valence-electron chi connectivity index (χ3n) is 3.29. The molecule has 0 aliphatic rings. The van der Waals surface area contributed by atoms with Crippen LogP contribution >= 0.6 is 0 Å². The van der Waals surface area contributed by atoms with Crippen molar-refractivity contribution in [3.8, 4) is 5.75 Å². The quantitative estimate of drug-likeness (QED) is 0.753. The second-order valence-electron chi connectivity index (χ2n) is 6.17. The summed E-state index contributed by atoms with van der Waals surface area (Å²) < 4.78 is 5.85. The van der Waals surface area contributed by atoms with Crippen LogP contribution in [0.3, 0.4) is 0 Å². The molecule has 1 rings (SSSR count). The van der Waals surface area contributed by atoms with E-state index in [0.717, 1.165) is 44.6 Å². The highest BCUT2D eigenvalue weighted by Crippen LogP contribution is 2.29. The Morgan fingerprint density at radius 3 is 2.47 bits per heavy atom. The van der Waals surface area contributed by atoms with Crippen molar-refractivity contribution in [3.63, 3.8) is 0 Å². The monoisotopic (exact) mass is 263 g/mol. The molecule has 0 fully saturated rings. The Morgan fingerprint density at radius 2 is 1.89 bits per heavy atom. The maximum atomic E-state index is 5.85. The minimum Gasteiger partial charge on any atom is -0.493 e. The van der Waals surface area contributed by atoms with Gasteiger partial charge in [0.2, 0.25) is 0 Å². The number of rotatable bonds is 7. The Labute approximate surface area is 118 Å². The van der Waals surface area contributed by atoms with E-state index in [1.165, 1.54) is 11.1 Å². The molecule has 0 radical (unpaired) electrons. The average Bonchev–Trinajstić information content (AvgIpc) is 2.36. The predicted molar refractivity (Wildman–Crippen MR) is 82.9 cm³/mol. The zero-order chi connectivity index (χ0) is 14.3. The van der Waals surface area contributed by atoms with E-state index in [4.69, 9.17) is 10.5 Å². The fraction of sp³-hybridized carbons (Fsp3) is 0.647. The van der Waals surface area contributed by atoms with Crippen LogP contribution in [0.25, 0.3) is 0 Å². The topological polar surface area (TPSA) is 35.2 Å². The first-order chi connectivity index (χ1) is 8.99. The lowest BCUT2D eigenvalue weighted by molar-refractivity contribution is 0.313. The van der Waals surface area contributed by atoms with Crippen LogP contribution in [0.15, 0.2) is 18.2 Å². The van der Waals surface area contributed by atoms with Gasteiger partial charge in [-0.2, -0.15) is 0 Å². The van der Waals surface area contributed by atoms with Gasteiger partial charge in [-0.05, 0) is 54.8 Å². The van der Waals surface area contributed by atoms with E-state index in [1.807, 2.05) is 0 Å². The second kappa shape index (κ2) is 7.54. The van der Waals surface area contributed by atoms with Gasteiger partial charge in [0.05, 0.1) is 6.61 Å². The van der Waals surface area contributed by atoms with E-state index in [1.54, 1.807) is 0 Å². The van der Waals surface area contributed by atoms with Crippen LogP contribution in [0, 0.1) is 0 Å². The summed E-state index contributed by atoms with van der Waals surface area (Å²) in [7, 11) is 0. The number of ether oxygens (including phenoxy) is 1. The maximum absolute atomic E-state index is 5.85. The zero-order valence-electron chi connectivity index (χ0n) is 13.0. The van der Waals surface area contributed by atoms with Gasteiger partial charge in [-0.25, -0.2) is 0 Å². The highest BCUT2D eigenvalue weighted by molar-refractivity contribution is 5.39. The van der Waals surface area contributed by atoms with Crippen molar-refractivity contribution in [2.24, 2.45) is 5.73 Å². The van der Waals surface area contributed by atoms with Gasteiger partial charge in [-0.15, -0.1) is 0 Å². The number of hydrogen-bond donors (Lipinski definition) is 1. The van der Waals surface area contributed by atoms with Crippen LogP contribution in [0.5, 0.6) is 5.75 Å². The molecule has 2 N–H and O–H groups in total. The minimum atomic E-state index is 0.186. The third kappa shape index (κ3) is 5.23. The molecular weight excluding hydrogens is 234 g/mol. The third-order valence-corrected chi connectivity index (χ3v) is 3.29. The molecule has 1 aromatic rings. The average molecular weight is 263 g/mol. The molecule has 0 aliphatic heterocycles. The molecule has 0 bridgehead atoms. The highest BCUT2D eigenvalue weighted by atomic mass is 16.5. The van der Waals surface area contributed by atoms with Crippen molar-refractivity contribution in [2.45, 2.75) is 58.8 Å². The number of hydrogen-bond acceptors (Lipinski definition) is 2. The molecule has 2 heteroatoms. The SMILES string of the molecule is CCCOc1ccc(C(C)(C)C)cc1CCCCN. The van der Waals surface area contributed by atoms with E-state index in [0.29, 0.717) is 0 Å². The van der Waals surface area contributed by atoms with Gasteiger partial charge >= 0.3 is 0 Å². The normalized spacial score (nSPS) is 11.6. The Kier molecular flexibility index (Phi) is 6.36. The van der Waals surface area contributed by atoms with Gasteiger partial charge < -0.3 is 10.5 Å². The smallest absolute Gasteiger partial charge is 0.122 e. The van der Waals surface area contributed by atoms with E-state index in [-0.39, 0.29) is 5.41 Å². The molecule has 0 atom stereocenters. The van der Waals surface area contributed by atoms with Gasteiger partial charge in [-0.1, -0.05) is 39.8 Å². The Hall–Kier alpha value is -1.02. The van der Waals surface area contributed by atoms with Crippen LogP contribution in [-0.4, -0.2) is 13.2 Å². The summed E-state index contributed by atoms with van der Waals surface area (Å²) in [5.41, 5.74) is 8.47. The second-order valence-corrected chi connectivity index (χ2v) is 6.17. The van der Waals surface area contributed by atoms with Gasteiger partial charge in [0.1, 0.15) is 5.75 Å². The van der Waals surface area contributed by atoms with Crippen LogP contribution in [0.1, 0.15) is 58.1 Å². The van der Waals surface area contributed by atoms with Crippen LogP contribution in [-0.2, 0) is 11.8 Å². The lowest BCUT2D eigenvalue weighted by Gasteiger charge is -2.21. The Bertz CT molecular complexity index is 379. The summed E-state index contributed by atoms with van der Waals surface area (Å²) in [6, 6.07) is 6.63. The first-order valence-corrected chi connectivity index (χ1v) is 7.45. The molecular formula is C17H29NO. The largest absolute Gasteiger partial charge is 0.493 e. The molecule has 0 spiro atoms. The summed E-state index contributed by atoms with van der Waals surface area (Å²) in [5, 5.41) is 0. The van der Waals surface area contributed by atoms with E-state index in [2.05, 4.69) is 45.9 Å². The maximum Gasteiger partial charge on any atom is 0.122 e. The Balaban J connectivity index is 2.90.